The molecule has 0 saturated carbocycles. The second-order valence-electron chi connectivity index (χ2n) is 4.83. The van der Waals surface area contributed by atoms with Gasteiger partial charge in [0.2, 0.25) is 0 Å². The first-order valence-electron chi connectivity index (χ1n) is 6.84. The number of aromatic carboxylic acids is 1. The second-order valence-corrected chi connectivity index (χ2v) is 6.41. The highest BCUT2D eigenvalue weighted by atomic mass is 32.2. The van der Waals surface area contributed by atoms with Gasteiger partial charge in [-0.15, -0.1) is 0 Å². The highest BCUT2D eigenvalue weighted by molar-refractivity contribution is 7.99. The first-order valence-corrected chi connectivity index (χ1v) is 7.89. The van der Waals surface area contributed by atoms with E-state index in [0.29, 0.717) is 18.3 Å². The number of likely N-dealkylation sites (tertiary alicyclic amines) is 1. The minimum atomic E-state index is -1.08. The van der Waals surface area contributed by atoms with Crippen molar-refractivity contribution >= 4 is 23.6 Å². The van der Waals surface area contributed by atoms with Crippen LogP contribution in [-0.2, 0) is 0 Å². The van der Waals surface area contributed by atoms with Gasteiger partial charge in [0.1, 0.15) is 6.26 Å². The fourth-order valence-corrected chi connectivity index (χ4v) is 3.47. The van der Waals surface area contributed by atoms with Crippen molar-refractivity contribution in [1.82, 2.24) is 4.90 Å². The maximum absolute atomic E-state index is 12.4. The molecule has 1 aromatic rings. The van der Waals surface area contributed by atoms with Gasteiger partial charge in [0.25, 0.3) is 5.91 Å². The number of hydrogen-bond acceptors (Lipinski definition) is 4. The standard InChI is InChI=1S/C14H19NO4S/c1-2-20-11-5-3-4-6-15(8-11)13(16)12-7-10(9-19-12)14(17)18/h7,9,11H,2-6,8H2,1H3,(H,17,18). The maximum Gasteiger partial charge on any atom is 0.338 e. The van der Waals surface area contributed by atoms with Gasteiger partial charge in [-0.05, 0) is 18.6 Å². The predicted octanol–water partition coefficient (Wildman–Crippen LogP) is 2.73. The van der Waals surface area contributed by atoms with Crippen molar-refractivity contribution in [3.63, 3.8) is 0 Å². The van der Waals surface area contributed by atoms with E-state index in [1.54, 1.807) is 4.90 Å². The van der Waals surface area contributed by atoms with E-state index in [0.717, 1.165) is 31.3 Å². The highest BCUT2D eigenvalue weighted by Crippen LogP contribution is 2.23. The molecule has 0 radical (unpaired) electrons. The van der Waals surface area contributed by atoms with Crippen molar-refractivity contribution in [2.24, 2.45) is 0 Å². The molecule has 5 nitrogen and oxygen atoms in total. The summed E-state index contributed by atoms with van der Waals surface area (Å²) in [4.78, 5) is 25.0. The van der Waals surface area contributed by atoms with Gasteiger partial charge in [-0.1, -0.05) is 13.3 Å². The van der Waals surface area contributed by atoms with Crippen LogP contribution in [0.15, 0.2) is 16.7 Å². The summed E-state index contributed by atoms with van der Waals surface area (Å²) < 4.78 is 5.10. The average molecular weight is 297 g/mol. The molecule has 1 fully saturated rings. The quantitative estimate of drug-likeness (QED) is 0.925. The number of rotatable bonds is 4. The van der Waals surface area contributed by atoms with Crippen LogP contribution in [-0.4, -0.2) is 46.0 Å². The van der Waals surface area contributed by atoms with E-state index >= 15 is 0 Å². The van der Waals surface area contributed by atoms with E-state index in [9.17, 15) is 9.59 Å². The van der Waals surface area contributed by atoms with Gasteiger partial charge in [-0.2, -0.15) is 11.8 Å². The number of amides is 1. The number of hydrogen-bond donors (Lipinski definition) is 1. The van der Waals surface area contributed by atoms with Gasteiger partial charge in [0, 0.05) is 24.4 Å². The fraction of sp³-hybridized carbons (Fsp3) is 0.571. The Balaban J connectivity index is 2.07. The van der Waals surface area contributed by atoms with Crippen molar-refractivity contribution < 1.29 is 19.1 Å². The van der Waals surface area contributed by atoms with Crippen LogP contribution in [0, 0.1) is 0 Å². The largest absolute Gasteiger partial charge is 0.478 e. The first kappa shape index (κ1) is 15.0. The molecule has 1 N–H and O–H groups in total. The molecule has 0 aromatic carbocycles. The molecule has 110 valence electrons. The molecule has 2 rings (SSSR count). The summed E-state index contributed by atoms with van der Waals surface area (Å²) in [5.41, 5.74) is 0.0163. The number of thioether (sulfide) groups is 1. The fourth-order valence-electron chi connectivity index (χ4n) is 2.38. The van der Waals surface area contributed by atoms with Crippen molar-refractivity contribution in [3.8, 4) is 0 Å². The van der Waals surface area contributed by atoms with Gasteiger partial charge < -0.3 is 14.4 Å². The zero-order valence-electron chi connectivity index (χ0n) is 11.5. The normalized spacial score (nSPS) is 19.6. The number of furan rings is 1. The molecule has 0 aliphatic carbocycles. The van der Waals surface area contributed by atoms with E-state index in [-0.39, 0.29) is 17.2 Å². The maximum atomic E-state index is 12.4. The molecule has 0 spiro atoms. The number of carbonyl (C=O) groups excluding carboxylic acids is 1. The topological polar surface area (TPSA) is 70.8 Å². The Kier molecular flexibility index (Phi) is 5.11. The number of nitrogens with zero attached hydrogens (tertiary/aromatic N) is 1. The lowest BCUT2D eigenvalue weighted by Crippen LogP contribution is -2.35. The van der Waals surface area contributed by atoms with Gasteiger partial charge in [0.05, 0.1) is 5.56 Å². The van der Waals surface area contributed by atoms with Crippen LogP contribution in [0.25, 0.3) is 0 Å². The van der Waals surface area contributed by atoms with Crippen molar-refractivity contribution in [1.29, 1.82) is 0 Å². The monoisotopic (exact) mass is 297 g/mol. The van der Waals surface area contributed by atoms with Crippen LogP contribution >= 0.6 is 11.8 Å². The summed E-state index contributed by atoms with van der Waals surface area (Å²) in [6.45, 7) is 3.54. The zero-order chi connectivity index (χ0) is 14.5. The van der Waals surface area contributed by atoms with Gasteiger partial charge >= 0.3 is 5.97 Å². The summed E-state index contributed by atoms with van der Waals surface area (Å²) in [6, 6.07) is 1.30. The molecule has 1 amide bonds. The molecule has 1 atom stereocenters. The summed E-state index contributed by atoms with van der Waals surface area (Å²) in [7, 11) is 0. The first-order chi connectivity index (χ1) is 9.61. The minimum absolute atomic E-state index is 0.0163. The summed E-state index contributed by atoms with van der Waals surface area (Å²) in [5, 5.41) is 9.32. The lowest BCUT2D eigenvalue weighted by Gasteiger charge is -2.23. The Bertz CT molecular complexity index is 485. The SMILES string of the molecule is CCSC1CCCCN(C(=O)c2cc(C(=O)O)co2)C1. The van der Waals surface area contributed by atoms with Gasteiger partial charge in [-0.3, -0.25) is 4.79 Å². The molecule has 2 heterocycles. The van der Waals surface area contributed by atoms with E-state index in [4.69, 9.17) is 9.52 Å². The second kappa shape index (κ2) is 6.83. The van der Waals surface area contributed by atoms with Crippen LogP contribution in [0.1, 0.15) is 47.1 Å². The van der Waals surface area contributed by atoms with Gasteiger partial charge in [-0.25, -0.2) is 4.79 Å². The van der Waals surface area contributed by atoms with Crippen molar-refractivity contribution in [2.75, 3.05) is 18.8 Å². The lowest BCUT2D eigenvalue weighted by molar-refractivity contribution is 0.0694. The Labute approximate surface area is 122 Å². The molecule has 1 saturated heterocycles. The third kappa shape index (κ3) is 3.56. The van der Waals surface area contributed by atoms with Crippen LogP contribution in [0.2, 0.25) is 0 Å². The molecule has 1 aromatic heterocycles. The Hall–Kier alpha value is -1.43. The summed E-state index contributed by atoms with van der Waals surface area (Å²) in [6.07, 6.45) is 4.35. The average Bonchev–Trinajstić information content (AvgIpc) is 2.80. The van der Waals surface area contributed by atoms with Crippen LogP contribution in [0.5, 0.6) is 0 Å². The molecule has 20 heavy (non-hydrogen) atoms. The Morgan fingerprint density at radius 1 is 1.50 bits per heavy atom. The van der Waals surface area contributed by atoms with E-state index < -0.39 is 5.97 Å². The molecule has 1 aliphatic rings. The van der Waals surface area contributed by atoms with Crippen LogP contribution in [0.3, 0.4) is 0 Å². The highest BCUT2D eigenvalue weighted by Gasteiger charge is 2.25. The number of carboxylic acid groups (broad SMARTS) is 1. The lowest BCUT2D eigenvalue weighted by atomic mass is 10.2. The molecular weight excluding hydrogens is 278 g/mol. The Morgan fingerprint density at radius 2 is 2.30 bits per heavy atom. The van der Waals surface area contributed by atoms with Crippen molar-refractivity contribution in [3.05, 3.63) is 23.7 Å². The molecule has 0 bridgehead atoms. The smallest absolute Gasteiger partial charge is 0.338 e. The third-order valence-corrected chi connectivity index (χ3v) is 4.56. The van der Waals surface area contributed by atoms with Crippen LogP contribution in [0.4, 0.5) is 0 Å². The van der Waals surface area contributed by atoms with E-state index in [1.807, 2.05) is 11.8 Å². The molecular formula is C14H19NO4S. The molecule has 1 aliphatic heterocycles. The number of carboxylic acids is 1. The third-order valence-electron chi connectivity index (χ3n) is 3.37. The van der Waals surface area contributed by atoms with E-state index in [1.165, 1.54) is 6.07 Å². The van der Waals surface area contributed by atoms with Crippen molar-refractivity contribution in [2.45, 2.75) is 31.4 Å². The van der Waals surface area contributed by atoms with E-state index in [2.05, 4.69) is 6.92 Å². The minimum Gasteiger partial charge on any atom is -0.478 e. The predicted molar refractivity (Wildman–Crippen MR) is 77.3 cm³/mol. The Morgan fingerprint density at radius 3 is 2.95 bits per heavy atom. The molecule has 1 unspecified atom stereocenters. The molecule has 6 heteroatoms. The van der Waals surface area contributed by atoms with Gasteiger partial charge in [0.15, 0.2) is 5.76 Å². The zero-order valence-corrected chi connectivity index (χ0v) is 12.3. The number of carbonyl (C=O) groups is 2. The summed E-state index contributed by atoms with van der Waals surface area (Å²) in [5.74, 6) is -0.134. The van der Waals surface area contributed by atoms with Crippen LogP contribution < -0.4 is 0 Å². The summed E-state index contributed by atoms with van der Waals surface area (Å²) >= 11 is 1.87.